The van der Waals surface area contributed by atoms with Crippen LogP contribution in [0.1, 0.15) is 26.5 Å². The highest BCUT2D eigenvalue weighted by Gasteiger charge is 2.31. The SMILES string of the molecule is CC(C)[C@H](NC(=O)[C@H](C)NC(=O)[C@H](Cc1cnc[nH]1)NC(=O)[C@@H](N)CS)C(=O)N[C@@H](CS)C(=O)O. The summed E-state index contributed by atoms with van der Waals surface area (Å²) in [6.45, 7) is 4.75. The number of nitrogens with one attached hydrogen (secondary N) is 5. The number of nitrogens with zero attached hydrogens (tertiary/aromatic N) is 1. The van der Waals surface area contributed by atoms with Crippen molar-refractivity contribution in [1.29, 1.82) is 0 Å². The molecule has 0 radical (unpaired) electrons. The lowest BCUT2D eigenvalue weighted by Gasteiger charge is -2.26. The van der Waals surface area contributed by atoms with E-state index in [1.807, 2.05) is 0 Å². The number of aliphatic carboxylic acids is 1. The van der Waals surface area contributed by atoms with Gasteiger partial charge in [0.15, 0.2) is 0 Å². The number of hydrogen-bond acceptors (Lipinski definition) is 9. The van der Waals surface area contributed by atoms with Gasteiger partial charge in [0.2, 0.25) is 23.6 Å². The van der Waals surface area contributed by atoms with Crippen molar-refractivity contribution >= 4 is 54.9 Å². The molecule has 4 amide bonds. The van der Waals surface area contributed by atoms with Gasteiger partial charge in [-0.2, -0.15) is 25.3 Å². The molecule has 0 aliphatic rings. The summed E-state index contributed by atoms with van der Waals surface area (Å²) in [5.41, 5.74) is 6.24. The molecule has 0 aromatic carbocycles. The quantitative estimate of drug-likeness (QED) is 0.120. The van der Waals surface area contributed by atoms with Crippen LogP contribution < -0.4 is 27.0 Å². The van der Waals surface area contributed by atoms with Crippen LogP contribution in [0, 0.1) is 5.92 Å². The monoisotopic (exact) mass is 531 g/mol. The van der Waals surface area contributed by atoms with E-state index in [1.54, 1.807) is 13.8 Å². The molecule has 0 aliphatic carbocycles. The largest absolute Gasteiger partial charge is 0.480 e. The van der Waals surface area contributed by atoms with Crippen molar-refractivity contribution in [2.45, 2.75) is 57.4 Å². The summed E-state index contributed by atoms with van der Waals surface area (Å²) in [7, 11) is 0. The number of amides is 4. The van der Waals surface area contributed by atoms with Crippen LogP contribution in [0.5, 0.6) is 0 Å². The second-order valence-corrected chi connectivity index (χ2v) is 8.90. The van der Waals surface area contributed by atoms with Crippen LogP contribution in [0.4, 0.5) is 0 Å². The standard InChI is InChI=1S/C20H33N7O6S2/c1-9(2)15(19(31)26-14(7-35)20(32)33)27-16(28)10(3)24-18(30)13(4-11-5-22-8-23-11)25-17(29)12(21)6-34/h5,8-10,12-15,34-35H,4,6-7,21H2,1-3H3,(H,22,23)(H,24,30)(H,25,29)(H,26,31)(H,27,28)(H,32,33)/t10-,12-,13-,14-,15-/m0/s1. The number of carboxylic acids is 1. The first-order valence-corrected chi connectivity index (χ1v) is 12.1. The molecule has 1 aromatic heterocycles. The number of nitrogens with two attached hydrogens (primary N) is 1. The molecule has 0 fully saturated rings. The molecule has 13 nitrogen and oxygen atoms in total. The van der Waals surface area contributed by atoms with E-state index in [4.69, 9.17) is 10.8 Å². The van der Waals surface area contributed by atoms with E-state index < -0.39 is 59.8 Å². The summed E-state index contributed by atoms with van der Waals surface area (Å²) in [5, 5.41) is 19.0. The van der Waals surface area contributed by atoms with Crippen LogP contribution in [0.3, 0.4) is 0 Å². The van der Waals surface area contributed by atoms with Crippen LogP contribution >= 0.6 is 25.3 Å². The van der Waals surface area contributed by atoms with Gasteiger partial charge in [-0.1, -0.05) is 13.8 Å². The van der Waals surface area contributed by atoms with Crippen molar-refractivity contribution in [2.75, 3.05) is 11.5 Å². The summed E-state index contributed by atoms with van der Waals surface area (Å²) in [6, 6.07) is -5.38. The number of H-pyrrole nitrogens is 1. The first kappa shape index (κ1) is 30.3. The fraction of sp³-hybridized carbons (Fsp3) is 0.600. The summed E-state index contributed by atoms with van der Waals surface area (Å²) >= 11 is 7.88. The second-order valence-electron chi connectivity index (χ2n) is 8.17. The third-order valence-electron chi connectivity index (χ3n) is 4.94. The molecule has 8 N–H and O–H groups in total. The lowest BCUT2D eigenvalue weighted by Crippen LogP contribution is -2.59. The Balaban J connectivity index is 2.88. The Hall–Kier alpha value is -2.78. The molecular formula is C20H33N7O6S2. The molecule has 15 heteroatoms. The van der Waals surface area contributed by atoms with Crippen LogP contribution in [0.25, 0.3) is 0 Å². The lowest BCUT2D eigenvalue weighted by atomic mass is 10.0. The molecule has 0 bridgehead atoms. The van der Waals surface area contributed by atoms with Gasteiger partial charge in [-0.05, 0) is 12.8 Å². The van der Waals surface area contributed by atoms with Crippen molar-refractivity contribution in [3.05, 3.63) is 18.2 Å². The van der Waals surface area contributed by atoms with Crippen molar-refractivity contribution < 1.29 is 29.1 Å². The van der Waals surface area contributed by atoms with Crippen molar-refractivity contribution in [3.8, 4) is 0 Å². The molecule has 0 aliphatic heterocycles. The predicted octanol–water partition coefficient (Wildman–Crippen LogP) is -2.16. The van der Waals surface area contributed by atoms with E-state index >= 15 is 0 Å². The number of imidazole rings is 1. The van der Waals surface area contributed by atoms with Gasteiger partial charge in [-0.3, -0.25) is 19.2 Å². The Labute approximate surface area is 214 Å². The van der Waals surface area contributed by atoms with E-state index in [0.717, 1.165) is 0 Å². The van der Waals surface area contributed by atoms with E-state index in [9.17, 15) is 24.0 Å². The first-order chi connectivity index (χ1) is 16.4. The number of carbonyl (C=O) groups is 5. The number of hydrogen-bond donors (Lipinski definition) is 9. The summed E-state index contributed by atoms with van der Waals surface area (Å²) in [6.07, 6.45) is 2.96. The molecule has 1 rings (SSSR count). The second kappa shape index (κ2) is 14.6. The third-order valence-corrected chi connectivity index (χ3v) is 5.70. The molecule has 0 unspecified atom stereocenters. The smallest absolute Gasteiger partial charge is 0.327 e. The maximum absolute atomic E-state index is 12.9. The Morgan fingerprint density at radius 3 is 2.06 bits per heavy atom. The van der Waals surface area contributed by atoms with Gasteiger partial charge in [0.05, 0.1) is 12.4 Å². The zero-order valence-corrected chi connectivity index (χ0v) is 21.4. The van der Waals surface area contributed by atoms with Gasteiger partial charge in [-0.25, -0.2) is 9.78 Å². The molecule has 1 aromatic rings. The van der Waals surface area contributed by atoms with E-state index in [0.29, 0.717) is 5.69 Å². The number of aromatic amines is 1. The minimum absolute atomic E-state index is 0.0581. The highest BCUT2D eigenvalue weighted by molar-refractivity contribution is 7.80. The van der Waals surface area contributed by atoms with E-state index in [-0.39, 0.29) is 23.8 Å². The minimum atomic E-state index is -1.26. The number of rotatable bonds is 14. The molecule has 196 valence electrons. The Bertz CT molecular complexity index is 883. The molecular weight excluding hydrogens is 498 g/mol. The number of carboxylic acid groups (broad SMARTS) is 1. The highest BCUT2D eigenvalue weighted by atomic mass is 32.1. The van der Waals surface area contributed by atoms with Gasteiger partial charge < -0.3 is 37.1 Å². The topological polar surface area (TPSA) is 208 Å². The fourth-order valence-electron chi connectivity index (χ4n) is 2.83. The predicted molar refractivity (Wildman–Crippen MR) is 134 cm³/mol. The molecule has 0 saturated carbocycles. The molecule has 0 spiro atoms. The van der Waals surface area contributed by atoms with Gasteiger partial charge in [0.25, 0.3) is 0 Å². The number of thiol groups is 2. The van der Waals surface area contributed by atoms with Crippen LogP contribution in [-0.2, 0) is 30.4 Å². The molecule has 35 heavy (non-hydrogen) atoms. The summed E-state index contributed by atoms with van der Waals surface area (Å²) < 4.78 is 0. The fourth-order valence-corrected chi connectivity index (χ4v) is 3.24. The third kappa shape index (κ3) is 9.78. The molecule has 1 heterocycles. The number of aromatic nitrogens is 2. The Morgan fingerprint density at radius 1 is 0.943 bits per heavy atom. The van der Waals surface area contributed by atoms with Crippen LogP contribution in [0.15, 0.2) is 12.5 Å². The van der Waals surface area contributed by atoms with Crippen molar-refractivity contribution in [1.82, 2.24) is 31.2 Å². The van der Waals surface area contributed by atoms with Crippen molar-refractivity contribution in [2.24, 2.45) is 11.7 Å². The lowest BCUT2D eigenvalue weighted by molar-refractivity contribution is -0.142. The summed E-state index contributed by atoms with van der Waals surface area (Å²) in [4.78, 5) is 68.3. The van der Waals surface area contributed by atoms with Crippen LogP contribution in [-0.4, -0.2) is 86.4 Å². The molecule has 0 saturated heterocycles. The zero-order valence-electron chi connectivity index (χ0n) is 19.6. The summed E-state index contributed by atoms with van der Waals surface area (Å²) in [5.74, 6) is -4.33. The minimum Gasteiger partial charge on any atom is -0.480 e. The highest BCUT2D eigenvalue weighted by Crippen LogP contribution is 2.05. The van der Waals surface area contributed by atoms with Gasteiger partial charge in [0, 0.05) is 29.8 Å². The Morgan fingerprint density at radius 2 is 1.57 bits per heavy atom. The molecule has 5 atom stereocenters. The van der Waals surface area contributed by atoms with Crippen molar-refractivity contribution in [3.63, 3.8) is 0 Å². The van der Waals surface area contributed by atoms with E-state index in [2.05, 4.69) is 56.5 Å². The van der Waals surface area contributed by atoms with Gasteiger partial charge in [0.1, 0.15) is 24.2 Å². The van der Waals surface area contributed by atoms with Crippen LogP contribution in [0.2, 0.25) is 0 Å². The maximum atomic E-state index is 12.9. The van der Waals surface area contributed by atoms with Gasteiger partial charge in [-0.15, -0.1) is 0 Å². The average molecular weight is 532 g/mol. The first-order valence-electron chi connectivity index (χ1n) is 10.8. The average Bonchev–Trinajstić information content (AvgIpc) is 3.31. The zero-order chi connectivity index (χ0) is 26.7. The number of carbonyl (C=O) groups excluding carboxylic acids is 4. The Kier molecular flexibility index (Phi) is 12.6. The maximum Gasteiger partial charge on any atom is 0.327 e. The van der Waals surface area contributed by atoms with Gasteiger partial charge >= 0.3 is 5.97 Å². The normalized spacial score (nSPS) is 15.3. The van der Waals surface area contributed by atoms with E-state index in [1.165, 1.54) is 19.4 Å².